The number of nitrogens with zero attached hydrogens (tertiary/aromatic N) is 1. The van der Waals surface area contributed by atoms with Gasteiger partial charge in [0.2, 0.25) is 11.8 Å². The highest BCUT2D eigenvalue weighted by Crippen LogP contribution is 2.26. The Hall–Kier alpha value is -1.30. The standard InChI is InChI=1S/C19H28ClN3O2.ClH/c1-13(2)18(21)19(25)22-11-17(24)23(15-8-4-5-9-15)12-14-7-3-6-10-16(14)20;/h3,6-7,10,13,15,18H,4-5,8-9,11-12,21H2,1-2H3,(H,22,25);1H/t18-;/m0./s1. The number of hydrogen-bond acceptors (Lipinski definition) is 3. The zero-order valence-electron chi connectivity index (χ0n) is 15.4. The van der Waals surface area contributed by atoms with Crippen molar-refractivity contribution >= 4 is 35.8 Å². The summed E-state index contributed by atoms with van der Waals surface area (Å²) in [5.41, 5.74) is 6.76. The maximum atomic E-state index is 12.8. The van der Waals surface area contributed by atoms with Crippen molar-refractivity contribution in [1.82, 2.24) is 10.2 Å². The third kappa shape index (κ3) is 6.15. The van der Waals surface area contributed by atoms with E-state index in [9.17, 15) is 9.59 Å². The lowest BCUT2D eigenvalue weighted by molar-refractivity contribution is -0.135. The van der Waals surface area contributed by atoms with Gasteiger partial charge in [0.1, 0.15) is 0 Å². The molecule has 0 saturated heterocycles. The van der Waals surface area contributed by atoms with Gasteiger partial charge in [0, 0.05) is 17.6 Å². The van der Waals surface area contributed by atoms with E-state index in [-0.39, 0.29) is 42.7 Å². The van der Waals surface area contributed by atoms with E-state index in [1.807, 2.05) is 43.0 Å². The van der Waals surface area contributed by atoms with E-state index >= 15 is 0 Å². The zero-order valence-corrected chi connectivity index (χ0v) is 17.0. The molecule has 3 N–H and O–H groups in total. The zero-order chi connectivity index (χ0) is 18.4. The summed E-state index contributed by atoms with van der Waals surface area (Å²) in [5, 5.41) is 3.34. The Morgan fingerprint density at radius 1 is 1.27 bits per heavy atom. The monoisotopic (exact) mass is 401 g/mol. The van der Waals surface area contributed by atoms with Crippen LogP contribution in [0.15, 0.2) is 24.3 Å². The summed E-state index contributed by atoms with van der Waals surface area (Å²) in [5.74, 6) is -0.340. The number of halogens is 2. The van der Waals surface area contributed by atoms with E-state index in [0.29, 0.717) is 11.6 Å². The lowest BCUT2D eigenvalue weighted by atomic mass is 10.1. The van der Waals surface area contributed by atoms with Crippen LogP contribution in [0.4, 0.5) is 0 Å². The molecule has 1 saturated carbocycles. The molecule has 1 aromatic carbocycles. The van der Waals surface area contributed by atoms with Crippen LogP contribution in [0.5, 0.6) is 0 Å². The Morgan fingerprint density at radius 3 is 2.46 bits per heavy atom. The van der Waals surface area contributed by atoms with E-state index < -0.39 is 6.04 Å². The van der Waals surface area contributed by atoms with E-state index in [1.54, 1.807) is 0 Å². The minimum absolute atomic E-state index is 0. The number of nitrogens with one attached hydrogen (secondary N) is 1. The average Bonchev–Trinajstić information content (AvgIpc) is 3.12. The lowest BCUT2D eigenvalue weighted by Gasteiger charge is -2.30. The van der Waals surface area contributed by atoms with Gasteiger partial charge in [-0.25, -0.2) is 0 Å². The van der Waals surface area contributed by atoms with E-state index in [2.05, 4.69) is 5.32 Å². The van der Waals surface area contributed by atoms with Gasteiger partial charge in [0.25, 0.3) is 0 Å². The molecule has 0 radical (unpaired) electrons. The van der Waals surface area contributed by atoms with Crippen LogP contribution in [0.25, 0.3) is 0 Å². The highest BCUT2D eigenvalue weighted by Gasteiger charge is 2.28. The minimum Gasteiger partial charge on any atom is -0.346 e. The maximum absolute atomic E-state index is 12.8. The van der Waals surface area contributed by atoms with Crippen molar-refractivity contribution in [3.05, 3.63) is 34.9 Å². The van der Waals surface area contributed by atoms with Gasteiger partial charge < -0.3 is 16.0 Å². The molecule has 0 aromatic heterocycles. The fourth-order valence-electron chi connectivity index (χ4n) is 3.13. The van der Waals surface area contributed by atoms with E-state index in [0.717, 1.165) is 31.2 Å². The van der Waals surface area contributed by atoms with Crippen LogP contribution in [0, 0.1) is 5.92 Å². The third-order valence-electron chi connectivity index (χ3n) is 4.82. The molecule has 5 nitrogen and oxygen atoms in total. The molecule has 1 aromatic rings. The molecule has 2 amide bonds. The number of benzene rings is 1. The minimum atomic E-state index is -0.601. The number of nitrogens with two attached hydrogens (primary N) is 1. The lowest BCUT2D eigenvalue weighted by Crippen LogP contribution is -2.49. The van der Waals surface area contributed by atoms with Crippen LogP contribution in [0.3, 0.4) is 0 Å². The Morgan fingerprint density at radius 2 is 1.88 bits per heavy atom. The van der Waals surface area contributed by atoms with Crippen LogP contribution in [-0.2, 0) is 16.1 Å². The van der Waals surface area contributed by atoms with Crippen molar-refractivity contribution in [2.24, 2.45) is 11.7 Å². The predicted octanol–water partition coefficient (Wildman–Crippen LogP) is 3.13. The van der Waals surface area contributed by atoms with Crippen molar-refractivity contribution in [2.45, 2.75) is 58.2 Å². The second-order valence-electron chi connectivity index (χ2n) is 7.04. The summed E-state index contributed by atoms with van der Waals surface area (Å²) < 4.78 is 0. The molecule has 1 aliphatic rings. The van der Waals surface area contributed by atoms with Gasteiger partial charge in [-0.3, -0.25) is 9.59 Å². The fraction of sp³-hybridized carbons (Fsp3) is 0.579. The molecule has 0 spiro atoms. The second kappa shape index (κ2) is 10.8. The SMILES string of the molecule is CC(C)[C@H](N)C(=O)NCC(=O)N(Cc1ccccc1Cl)C1CCCC1.Cl. The van der Waals surface area contributed by atoms with Gasteiger partial charge >= 0.3 is 0 Å². The molecule has 1 aliphatic carbocycles. The predicted molar refractivity (Wildman–Crippen MR) is 107 cm³/mol. The number of amides is 2. The first-order chi connectivity index (χ1) is 11.9. The summed E-state index contributed by atoms with van der Waals surface area (Å²) in [4.78, 5) is 26.6. The summed E-state index contributed by atoms with van der Waals surface area (Å²) in [7, 11) is 0. The van der Waals surface area contributed by atoms with Crippen molar-refractivity contribution in [1.29, 1.82) is 0 Å². The van der Waals surface area contributed by atoms with Crippen molar-refractivity contribution in [2.75, 3.05) is 6.54 Å². The number of carbonyl (C=O) groups excluding carboxylic acids is 2. The van der Waals surface area contributed by atoms with Crippen LogP contribution < -0.4 is 11.1 Å². The molecule has 2 rings (SSSR count). The molecular formula is C19H29Cl2N3O2. The van der Waals surface area contributed by atoms with Crippen LogP contribution in [0.1, 0.15) is 45.1 Å². The molecule has 7 heteroatoms. The molecule has 1 fully saturated rings. The first kappa shape index (κ1) is 22.7. The molecule has 0 unspecified atom stereocenters. The van der Waals surface area contributed by atoms with Gasteiger partial charge in [-0.15, -0.1) is 12.4 Å². The normalized spacial score (nSPS) is 15.4. The Balaban J connectivity index is 0.00000338. The van der Waals surface area contributed by atoms with Crippen molar-refractivity contribution < 1.29 is 9.59 Å². The van der Waals surface area contributed by atoms with E-state index in [1.165, 1.54) is 0 Å². The maximum Gasteiger partial charge on any atom is 0.242 e. The van der Waals surface area contributed by atoms with Gasteiger partial charge in [0.15, 0.2) is 0 Å². The summed E-state index contributed by atoms with van der Waals surface area (Å²) in [6, 6.07) is 7.17. The third-order valence-corrected chi connectivity index (χ3v) is 5.19. The van der Waals surface area contributed by atoms with Crippen LogP contribution in [0.2, 0.25) is 5.02 Å². The largest absolute Gasteiger partial charge is 0.346 e. The number of rotatable bonds is 7. The van der Waals surface area contributed by atoms with Crippen molar-refractivity contribution in [3.8, 4) is 0 Å². The molecule has 0 aliphatic heterocycles. The Labute approximate surface area is 167 Å². The molecule has 146 valence electrons. The number of hydrogen-bond donors (Lipinski definition) is 2. The molecule has 26 heavy (non-hydrogen) atoms. The Kier molecular flexibility index (Phi) is 9.41. The molecule has 0 heterocycles. The summed E-state index contributed by atoms with van der Waals surface area (Å²) >= 11 is 6.26. The quantitative estimate of drug-likeness (QED) is 0.736. The highest BCUT2D eigenvalue weighted by atomic mass is 35.5. The first-order valence-electron chi connectivity index (χ1n) is 8.96. The van der Waals surface area contributed by atoms with E-state index in [4.69, 9.17) is 17.3 Å². The van der Waals surface area contributed by atoms with Gasteiger partial charge in [-0.05, 0) is 30.4 Å². The smallest absolute Gasteiger partial charge is 0.242 e. The topological polar surface area (TPSA) is 75.4 Å². The molecular weight excluding hydrogens is 373 g/mol. The van der Waals surface area contributed by atoms with Gasteiger partial charge in [-0.2, -0.15) is 0 Å². The van der Waals surface area contributed by atoms with Crippen molar-refractivity contribution in [3.63, 3.8) is 0 Å². The Bertz CT molecular complexity index is 604. The molecule has 0 bridgehead atoms. The second-order valence-corrected chi connectivity index (χ2v) is 7.45. The summed E-state index contributed by atoms with van der Waals surface area (Å²) in [6.07, 6.45) is 4.24. The van der Waals surface area contributed by atoms with Gasteiger partial charge in [0.05, 0.1) is 12.6 Å². The summed E-state index contributed by atoms with van der Waals surface area (Å²) in [6.45, 7) is 4.21. The van der Waals surface area contributed by atoms with Crippen LogP contribution in [-0.4, -0.2) is 35.3 Å². The van der Waals surface area contributed by atoms with Crippen LogP contribution >= 0.6 is 24.0 Å². The van der Waals surface area contributed by atoms with Gasteiger partial charge in [-0.1, -0.05) is 56.5 Å². The fourth-order valence-corrected chi connectivity index (χ4v) is 3.33. The number of carbonyl (C=O) groups is 2. The average molecular weight is 402 g/mol. The highest BCUT2D eigenvalue weighted by molar-refractivity contribution is 6.31. The molecule has 1 atom stereocenters. The first-order valence-corrected chi connectivity index (χ1v) is 9.34.